The van der Waals surface area contributed by atoms with Gasteiger partial charge in [0.25, 0.3) is 0 Å². The SMILES string of the molecule is CC(=O)OCC1OC(Oc2ccc(COc3c(Cc4ccco4)nc4c(Cc5ccccc5)nc(-c5ccc(OC6OC(CO)C(O)C(O)C6O)cc5)cn34)cc2)C(OC(C)=O)C(OC(C)=O)C1OC(C)=O. The number of fused-ring (bicyclic) bond motifs is 1. The molecule has 4 N–H and O–H groups in total. The zero-order valence-corrected chi connectivity index (χ0v) is 39.5. The van der Waals surface area contributed by atoms with Crippen LogP contribution in [0.25, 0.3) is 16.9 Å². The number of benzene rings is 3. The molecule has 21 nitrogen and oxygen atoms in total. The van der Waals surface area contributed by atoms with E-state index in [0.29, 0.717) is 51.9 Å². The van der Waals surface area contributed by atoms with Crippen LogP contribution in [-0.2, 0) is 67.0 Å². The highest BCUT2D eigenvalue weighted by molar-refractivity contribution is 5.69. The topological polar surface area (TPSA) is 276 Å². The second-order valence-corrected chi connectivity index (χ2v) is 17.0. The van der Waals surface area contributed by atoms with Gasteiger partial charge in [0, 0.05) is 45.9 Å². The molecule has 8 rings (SSSR count). The number of aromatic nitrogens is 3. The molecule has 3 aromatic heterocycles. The first-order valence-electron chi connectivity index (χ1n) is 22.9. The maximum Gasteiger partial charge on any atom is 0.303 e. The lowest BCUT2D eigenvalue weighted by molar-refractivity contribution is -0.288. The van der Waals surface area contributed by atoms with Crippen molar-refractivity contribution >= 4 is 29.5 Å². The molecular formula is C51H53N3O18. The van der Waals surface area contributed by atoms with Crippen LogP contribution in [0.15, 0.2) is 108 Å². The van der Waals surface area contributed by atoms with Gasteiger partial charge in [-0.15, -0.1) is 0 Å². The summed E-state index contributed by atoms with van der Waals surface area (Å²) in [6.45, 7) is 3.60. The van der Waals surface area contributed by atoms with Crippen molar-refractivity contribution in [3.05, 3.63) is 132 Å². The fourth-order valence-electron chi connectivity index (χ4n) is 8.26. The van der Waals surface area contributed by atoms with Crippen molar-refractivity contribution < 1.29 is 86.7 Å². The van der Waals surface area contributed by atoms with Gasteiger partial charge in [-0.05, 0) is 59.7 Å². The first-order valence-corrected chi connectivity index (χ1v) is 22.9. The molecule has 6 aromatic rings. The van der Waals surface area contributed by atoms with Crippen molar-refractivity contribution in [2.45, 2.75) is 109 Å². The quantitative estimate of drug-likeness (QED) is 0.0709. The molecule has 0 bridgehead atoms. The normalized spacial score (nSPS) is 23.9. The summed E-state index contributed by atoms with van der Waals surface area (Å²) in [5.74, 6) is -1.41. The predicted octanol–water partition coefficient (Wildman–Crippen LogP) is 3.39. The Labute approximate surface area is 411 Å². The van der Waals surface area contributed by atoms with Gasteiger partial charge >= 0.3 is 23.9 Å². The lowest BCUT2D eigenvalue weighted by Gasteiger charge is -2.43. The van der Waals surface area contributed by atoms with Crippen LogP contribution < -0.4 is 14.2 Å². The van der Waals surface area contributed by atoms with Crippen molar-refractivity contribution in [2.75, 3.05) is 13.2 Å². The molecule has 0 saturated carbocycles. The van der Waals surface area contributed by atoms with Crippen LogP contribution >= 0.6 is 0 Å². The van der Waals surface area contributed by atoms with E-state index < -0.39 is 98.5 Å². The number of hydrogen-bond donors (Lipinski definition) is 4. The van der Waals surface area contributed by atoms with Gasteiger partial charge < -0.3 is 67.5 Å². The first-order chi connectivity index (χ1) is 34.6. The fraction of sp³-hybridized carbons (Fsp3) is 0.373. The Morgan fingerprint density at radius 1 is 0.625 bits per heavy atom. The highest BCUT2D eigenvalue weighted by atomic mass is 16.7. The Morgan fingerprint density at radius 3 is 1.90 bits per heavy atom. The van der Waals surface area contributed by atoms with Gasteiger partial charge in [0.05, 0.1) is 30.7 Å². The molecule has 72 heavy (non-hydrogen) atoms. The number of carbonyl (C=O) groups is 4. The summed E-state index contributed by atoms with van der Waals surface area (Å²) in [6.07, 6.45) is -10.0. The molecule has 2 fully saturated rings. The van der Waals surface area contributed by atoms with Gasteiger partial charge in [-0.2, -0.15) is 0 Å². The molecular weight excluding hydrogens is 943 g/mol. The average Bonchev–Trinajstić information content (AvgIpc) is 4.00. The third-order valence-electron chi connectivity index (χ3n) is 11.6. The van der Waals surface area contributed by atoms with Gasteiger partial charge in [-0.25, -0.2) is 9.97 Å². The number of aliphatic hydroxyl groups excluding tert-OH is 4. The molecule has 0 amide bonds. The monoisotopic (exact) mass is 995 g/mol. The molecule has 5 heterocycles. The Morgan fingerprint density at radius 2 is 1.26 bits per heavy atom. The van der Waals surface area contributed by atoms with Gasteiger partial charge in [-0.3, -0.25) is 23.6 Å². The summed E-state index contributed by atoms with van der Waals surface area (Å²) in [6, 6.07) is 26.9. The van der Waals surface area contributed by atoms with Crippen LogP contribution in [0, 0.1) is 0 Å². The summed E-state index contributed by atoms with van der Waals surface area (Å²) in [4.78, 5) is 58.8. The maximum atomic E-state index is 12.4. The fourth-order valence-corrected chi connectivity index (χ4v) is 8.26. The van der Waals surface area contributed by atoms with Crippen molar-refractivity contribution in [2.24, 2.45) is 0 Å². The Balaban J connectivity index is 1.08. The minimum Gasteiger partial charge on any atom is -0.472 e. The van der Waals surface area contributed by atoms with E-state index in [4.69, 9.17) is 57.0 Å². The summed E-state index contributed by atoms with van der Waals surface area (Å²) in [5, 5.41) is 40.7. The molecule has 2 aliphatic rings. The maximum absolute atomic E-state index is 12.4. The molecule has 0 aliphatic carbocycles. The highest BCUT2D eigenvalue weighted by Crippen LogP contribution is 2.34. The van der Waals surface area contributed by atoms with Crippen molar-refractivity contribution in [3.8, 4) is 28.6 Å². The highest BCUT2D eigenvalue weighted by Gasteiger charge is 2.53. The van der Waals surface area contributed by atoms with Crippen molar-refractivity contribution in [3.63, 3.8) is 0 Å². The summed E-state index contributed by atoms with van der Waals surface area (Å²) < 4.78 is 59.6. The number of aliphatic hydroxyl groups is 4. The van der Waals surface area contributed by atoms with Crippen LogP contribution in [0.3, 0.4) is 0 Å². The van der Waals surface area contributed by atoms with E-state index in [0.717, 1.165) is 26.3 Å². The van der Waals surface area contributed by atoms with Crippen LogP contribution in [0.5, 0.6) is 17.4 Å². The number of esters is 4. The van der Waals surface area contributed by atoms with Crippen LogP contribution in [0.4, 0.5) is 0 Å². The molecule has 10 unspecified atom stereocenters. The smallest absolute Gasteiger partial charge is 0.303 e. The third kappa shape index (κ3) is 12.2. The zero-order chi connectivity index (χ0) is 51.1. The summed E-state index contributed by atoms with van der Waals surface area (Å²) in [5.41, 5.74) is 4.63. The molecule has 0 radical (unpaired) electrons. The minimum absolute atomic E-state index is 0.0357. The van der Waals surface area contributed by atoms with Crippen LogP contribution in [0.2, 0.25) is 0 Å². The first kappa shape index (κ1) is 51.0. The van der Waals surface area contributed by atoms with Crippen molar-refractivity contribution in [1.29, 1.82) is 0 Å². The van der Waals surface area contributed by atoms with Gasteiger partial charge in [0.1, 0.15) is 66.7 Å². The molecule has 10 atom stereocenters. The lowest BCUT2D eigenvalue weighted by Crippen LogP contribution is -2.63. The molecule has 380 valence electrons. The second kappa shape index (κ2) is 22.8. The van der Waals surface area contributed by atoms with E-state index in [1.165, 1.54) is 6.92 Å². The number of hydrogen-bond acceptors (Lipinski definition) is 20. The van der Waals surface area contributed by atoms with Crippen LogP contribution in [-0.4, -0.2) is 133 Å². The molecule has 2 saturated heterocycles. The number of imidazole rings is 1. The predicted molar refractivity (Wildman–Crippen MR) is 247 cm³/mol. The number of ether oxygens (including phenoxy) is 9. The number of furan rings is 1. The summed E-state index contributed by atoms with van der Waals surface area (Å²) in [7, 11) is 0. The number of rotatable bonds is 18. The number of nitrogens with zero attached hydrogens (tertiary/aromatic N) is 3. The van der Waals surface area contributed by atoms with E-state index in [1.807, 2.05) is 40.8 Å². The second-order valence-electron chi connectivity index (χ2n) is 17.0. The van der Waals surface area contributed by atoms with E-state index in [9.17, 15) is 39.6 Å². The average molecular weight is 996 g/mol. The van der Waals surface area contributed by atoms with Gasteiger partial charge in [0.2, 0.25) is 24.6 Å². The van der Waals surface area contributed by atoms with Gasteiger partial charge in [0.15, 0.2) is 17.9 Å². The Kier molecular flexibility index (Phi) is 16.1. The standard InChI is InChI=1S/C51H53N3O18/c1-27(56)64-26-41-45(66-28(2)57)46(67-29(3)58)47(68-30(4)59)51(72-41)70-34-16-12-32(13-17-34)25-65-49-38(22-36-11-8-20-63-36)53-48-37(21-31-9-6-5-7-10-31)52-39(23-54(48)49)33-14-18-35(19-15-33)69-50-44(62)43(61)42(60)40(24-55)71-50/h5-20,23,40-47,50-51,55,60-62H,21-22,24-26H2,1-4H3. The lowest BCUT2D eigenvalue weighted by atomic mass is 9.98. The van der Waals surface area contributed by atoms with E-state index in [-0.39, 0.29) is 24.5 Å². The molecule has 21 heteroatoms. The third-order valence-corrected chi connectivity index (χ3v) is 11.6. The van der Waals surface area contributed by atoms with Crippen LogP contribution in [0.1, 0.15) is 56.0 Å². The Bertz CT molecular complexity index is 2800. The molecule has 0 spiro atoms. The Hall–Kier alpha value is -7.40. The largest absolute Gasteiger partial charge is 0.472 e. The zero-order valence-electron chi connectivity index (χ0n) is 39.5. The van der Waals surface area contributed by atoms with Gasteiger partial charge in [-0.1, -0.05) is 42.5 Å². The molecule has 3 aromatic carbocycles. The number of carbonyl (C=O) groups excluding carboxylic acids is 4. The van der Waals surface area contributed by atoms with Crippen molar-refractivity contribution in [1.82, 2.24) is 14.4 Å². The minimum atomic E-state index is -1.61. The van der Waals surface area contributed by atoms with E-state index in [2.05, 4.69) is 0 Å². The van der Waals surface area contributed by atoms with E-state index >= 15 is 0 Å². The van der Waals surface area contributed by atoms with E-state index in [1.54, 1.807) is 67.1 Å². The summed E-state index contributed by atoms with van der Waals surface area (Å²) >= 11 is 0. The molecule has 2 aliphatic heterocycles.